The lowest BCUT2D eigenvalue weighted by Gasteiger charge is -1.96. The van der Waals surface area contributed by atoms with Crippen LogP contribution in [0.1, 0.15) is 5.56 Å². The van der Waals surface area contributed by atoms with Crippen LogP contribution in [0.15, 0.2) is 24.3 Å². The van der Waals surface area contributed by atoms with Crippen LogP contribution in [0.5, 0.6) is 5.75 Å². The second-order valence-corrected chi connectivity index (χ2v) is 2.63. The molecule has 1 aromatic carbocycles. The van der Waals surface area contributed by atoms with Crippen molar-refractivity contribution in [1.29, 1.82) is 0 Å². The van der Waals surface area contributed by atoms with E-state index in [4.69, 9.17) is 4.74 Å². The minimum absolute atomic E-state index is 0.518. The normalized spacial score (nSPS) is 9.18. The van der Waals surface area contributed by atoms with Gasteiger partial charge in [-0.25, -0.2) is 0 Å². The summed E-state index contributed by atoms with van der Waals surface area (Å²) < 4.78 is 15.1. The maximum Gasteiger partial charge on any atom is 0.463 e. The van der Waals surface area contributed by atoms with E-state index in [0.717, 1.165) is 11.3 Å². The SMILES string of the molecule is COc1ccc(C[S+]=O)cc1. The molecule has 1 aromatic rings. The van der Waals surface area contributed by atoms with Crippen molar-refractivity contribution in [3.63, 3.8) is 0 Å². The Kier molecular flexibility index (Phi) is 2.98. The molecular weight excluding hydrogens is 160 g/mol. The van der Waals surface area contributed by atoms with Crippen LogP contribution in [0.25, 0.3) is 0 Å². The first kappa shape index (κ1) is 8.14. The predicted octanol–water partition coefficient (Wildman–Crippen LogP) is 1.62. The monoisotopic (exact) mass is 169 g/mol. The Balaban J connectivity index is 2.74. The highest BCUT2D eigenvalue weighted by molar-refractivity contribution is 7.64. The van der Waals surface area contributed by atoms with Gasteiger partial charge >= 0.3 is 11.7 Å². The molecule has 0 aromatic heterocycles. The van der Waals surface area contributed by atoms with Crippen molar-refractivity contribution in [2.24, 2.45) is 0 Å². The summed E-state index contributed by atoms with van der Waals surface area (Å²) in [4.78, 5) is 0. The summed E-state index contributed by atoms with van der Waals surface area (Å²) >= 11 is 0.577. The maximum atomic E-state index is 10.1. The summed E-state index contributed by atoms with van der Waals surface area (Å²) in [5, 5.41) is 0. The fraction of sp³-hybridized carbons (Fsp3) is 0.250. The van der Waals surface area contributed by atoms with Crippen molar-refractivity contribution in [2.45, 2.75) is 5.75 Å². The van der Waals surface area contributed by atoms with E-state index in [9.17, 15) is 4.21 Å². The van der Waals surface area contributed by atoms with Crippen LogP contribution in [-0.4, -0.2) is 7.11 Å². The molecule has 0 aliphatic heterocycles. The molecule has 0 bridgehead atoms. The molecular formula is C8H9O2S+. The van der Waals surface area contributed by atoms with E-state index in [-0.39, 0.29) is 0 Å². The lowest BCUT2D eigenvalue weighted by molar-refractivity contribution is 0.414. The highest BCUT2D eigenvalue weighted by Gasteiger charge is 2.00. The fourth-order valence-electron chi connectivity index (χ4n) is 0.790. The van der Waals surface area contributed by atoms with E-state index >= 15 is 0 Å². The zero-order chi connectivity index (χ0) is 8.10. The number of rotatable bonds is 3. The Morgan fingerprint density at radius 3 is 2.45 bits per heavy atom. The van der Waals surface area contributed by atoms with Crippen molar-refractivity contribution in [3.8, 4) is 5.75 Å². The molecule has 0 saturated carbocycles. The van der Waals surface area contributed by atoms with Gasteiger partial charge in [0.05, 0.1) is 7.11 Å². The van der Waals surface area contributed by atoms with Crippen molar-refractivity contribution >= 4 is 11.7 Å². The van der Waals surface area contributed by atoms with Gasteiger partial charge in [0.15, 0.2) is 0 Å². The third-order valence-corrected chi connectivity index (χ3v) is 1.84. The molecule has 2 nitrogen and oxygen atoms in total. The molecule has 11 heavy (non-hydrogen) atoms. The maximum absolute atomic E-state index is 10.1. The summed E-state index contributed by atoms with van der Waals surface area (Å²) in [6.45, 7) is 0. The van der Waals surface area contributed by atoms with Crippen LogP contribution in [0.3, 0.4) is 0 Å². The number of methoxy groups -OCH3 is 1. The highest BCUT2D eigenvalue weighted by Crippen LogP contribution is 2.10. The van der Waals surface area contributed by atoms with Gasteiger partial charge in [-0.3, -0.25) is 0 Å². The second-order valence-electron chi connectivity index (χ2n) is 2.11. The standard InChI is InChI=1S/C8H9O2S/c1-10-8-4-2-7(3-5-8)6-11-9/h2-5H,6H2,1H3/q+1. The Bertz CT molecular complexity index is 230. The minimum Gasteiger partial charge on any atom is -0.497 e. The first-order valence-corrected chi connectivity index (χ1v) is 4.15. The summed E-state index contributed by atoms with van der Waals surface area (Å²) in [6, 6.07) is 7.49. The van der Waals surface area contributed by atoms with Gasteiger partial charge in [-0.05, 0) is 24.3 Å². The van der Waals surface area contributed by atoms with Gasteiger partial charge in [-0.1, -0.05) is 0 Å². The van der Waals surface area contributed by atoms with Crippen molar-refractivity contribution in [2.75, 3.05) is 7.11 Å². The fourth-order valence-corrected chi connectivity index (χ4v) is 1.12. The Labute approximate surface area is 69.7 Å². The molecule has 1 rings (SSSR count). The summed E-state index contributed by atoms with van der Waals surface area (Å²) in [7, 11) is 1.62. The lowest BCUT2D eigenvalue weighted by Crippen LogP contribution is -1.84. The van der Waals surface area contributed by atoms with E-state index in [1.54, 1.807) is 7.11 Å². The van der Waals surface area contributed by atoms with Gasteiger partial charge < -0.3 is 4.74 Å². The highest BCUT2D eigenvalue weighted by atomic mass is 32.1. The molecule has 0 aliphatic carbocycles. The van der Waals surface area contributed by atoms with Crippen LogP contribution in [0.2, 0.25) is 0 Å². The lowest BCUT2D eigenvalue weighted by atomic mass is 10.2. The average molecular weight is 169 g/mol. The topological polar surface area (TPSA) is 26.3 Å². The summed E-state index contributed by atoms with van der Waals surface area (Å²) in [5.74, 6) is 1.34. The Hall–Kier alpha value is -0.960. The predicted molar refractivity (Wildman–Crippen MR) is 44.7 cm³/mol. The molecule has 0 aliphatic rings. The number of ether oxygens (including phenoxy) is 1. The molecule has 58 valence electrons. The molecule has 3 heteroatoms. The van der Waals surface area contributed by atoms with E-state index < -0.39 is 0 Å². The number of hydrogen-bond donors (Lipinski definition) is 0. The van der Waals surface area contributed by atoms with E-state index in [0.29, 0.717) is 17.4 Å². The summed E-state index contributed by atoms with van der Waals surface area (Å²) in [6.07, 6.45) is 0. The van der Waals surface area contributed by atoms with Crippen molar-refractivity contribution in [1.82, 2.24) is 0 Å². The van der Waals surface area contributed by atoms with Crippen LogP contribution in [0, 0.1) is 0 Å². The second kappa shape index (κ2) is 4.03. The molecule has 0 atom stereocenters. The van der Waals surface area contributed by atoms with Gasteiger partial charge in [-0.2, -0.15) is 0 Å². The van der Waals surface area contributed by atoms with Gasteiger partial charge in [0.2, 0.25) is 0 Å². The first-order valence-electron chi connectivity index (χ1n) is 3.24. The zero-order valence-corrected chi connectivity index (χ0v) is 7.06. The van der Waals surface area contributed by atoms with Gasteiger partial charge in [0.1, 0.15) is 5.75 Å². The Morgan fingerprint density at radius 1 is 1.36 bits per heavy atom. The number of hydrogen-bond acceptors (Lipinski definition) is 2. The third kappa shape index (κ3) is 2.27. The third-order valence-electron chi connectivity index (χ3n) is 1.38. The van der Waals surface area contributed by atoms with E-state index in [2.05, 4.69) is 0 Å². The molecule has 0 amide bonds. The largest absolute Gasteiger partial charge is 0.497 e. The minimum atomic E-state index is 0.518. The quantitative estimate of drug-likeness (QED) is 0.643. The smallest absolute Gasteiger partial charge is 0.463 e. The zero-order valence-electron chi connectivity index (χ0n) is 6.24. The number of benzene rings is 1. The Morgan fingerprint density at radius 2 is 2.00 bits per heavy atom. The van der Waals surface area contributed by atoms with Crippen LogP contribution in [-0.2, 0) is 21.6 Å². The molecule has 0 saturated heterocycles. The molecule has 0 fully saturated rings. The van der Waals surface area contributed by atoms with Gasteiger partial charge in [-0.15, -0.1) is 0 Å². The van der Waals surface area contributed by atoms with Gasteiger partial charge in [0.25, 0.3) is 5.75 Å². The van der Waals surface area contributed by atoms with Crippen LogP contribution < -0.4 is 4.74 Å². The molecule has 0 N–H and O–H groups in total. The average Bonchev–Trinajstić information content (AvgIpc) is 2.07. The van der Waals surface area contributed by atoms with E-state index in [1.807, 2.05) is 24.3 Å². The van der Waals surface area contributed by atoms with Crippen LogP contribution in [0.4, 0.5) is 0 Å². The van der Waals surface area contributed by atoms with E-state index in [1.165, 1.54) is 0 Å². The van der Waals surface area contributed by atoms with Gasteiger partial charge in [0, 0.05) is 9.77 Å². The molecule has 0 spiro atoms. The molecule has 0 unspecified atom stereocenters. The van der Waals surface area contributed by atoms with Crippen molar-refractivity contribution in [3.05, 3.63) is 29.8 Å². The first-order chi connectivity index (χ1) is 5.36. The van der Waals surface area contributed by atoms with Crippen LogP contribution >= 0.6 is 0 Å². The molecule has 0 radical (unpaired) electrons. The van der Waals surface area contributed by atoms with Crippen molar-refractivity contribution < 1.29 is 8.95 Å². The molecule has 0 heterocycles. The summed E-state index contributed by atoms with van der Waals surface area (Å²) in [5.41, 5.74) is 1.03.